The fraction of sp³-hybridized carbons (Fsp3) is 0.333. The van der Waals surface area contributed by atoms with Crippen LogP contribution in [0.25, 0.3) is 16.5 Å². The molecule has 3 aliphatic rings. The monoisotopic (exact) mass is 498 g/mol. The molecule has 0 radical (unpaired) electrons. The Balaban J connectivity index is 1.46. The Labute approximate surface area is 215 Å². The maximum absolute atomic E-state index is 13.5. The molecule has 0 aromatic heterocycles. The lowest BCUT2D eigenvalue weighted by Crippen LogP contribution is -2.42. The molecule has 37 heavy (non-hydrogen) atoms. The van der Waals surface area contributed by atoms with E-state index >= 15 is 0 Å². The van der Waals surface area contributed by atoms with Crippen molar-refractivity contribution < 1.29 is 24.2 Å². The molecule has 2 saturated heterocycles. The molecule has 7 nitrogen and oxygen atoms in total. The first-order chi connectivity index (χ1) is 18.0. The van der Waals surface area contributed by atoms with Gasteiger partial charge in [0, 0.05) is 38.2 Å². The van der Waals surface area contributed by atoms with Crippen molar-refractivity contribution in [2.45, 2.75) is 25.5 Å². The second-order valence-electron chi connectivity index (χ2n) is 9.97. The van der Waals surface area contributed by atoms with Crippen molar-refractivity contribution in [2.75, 3.05) is 39.4 Å². The van der Waals surface area contributed by atoms with Crippen LogP contribution in [0.4, 0.5) is 0 Å². The van der Waals surface area contributed by atoms with Gasteiger partial charge in [-0.05, 0) is 47.0 Å². The van der Waals surface area contributed by atoms with E-state index in [0.29, 0.717) is 31.9 Å². The molecule has 2 fully saturated rings. The highest BCUT2D eigenvalue weighted by molar-refractivity contribution is 6.46. The number of fused-ring (bicyclic) bond motifs is 2. The topological polar surface area (TPSA) is 79.3 Å². The van der Waals surface area contributed by atoms with E-state index in [0.717, 1.165) is 47.2 Å². The predicted octanol–water partition coefficient (Wildman–Crippen LogP) is 3.92. The summed E-state index contributed by atoms with van der Waals surface area (Å²) in [5.74, 6) is -0.582. The van der Waals surface area contributed by atoms with Gasteiger partial charge in [0.15, 0.2) is 0 Å². The van der Waals surface area contributed by atoms with E-state index in [4.69, 9.17) is 9.47 Å². The first kappa shape index (κ1) is 23.7. The number of carbonyl (C=O) groups excluding carboxylic acids is 2. The van der Waals surface area contributed by atoms with Gasteiger partial charge < -0.3 is 19.5 Å². The minimum absolute atomic E-state index is 0.0637. The molecule has 0 aliphatic carbocycles. The van der Waals surface area contributed by atoms with Gasteiger partial charge in [-0.1, -0.05) is 42.5 Å². The van der Waals surface area contributed by atoms with Crippen LogP contribution in [0, 0.1) is 0 Å². The zero-order valence-electron chi connectivity index (χ0n) is 20.9. The number of nitrogens with zero attached hydrogens (tertiary/aromatic N) is 2. The maximum Gasteiger partial charge on any atom is 0.295 e. The quantitative estimate of drug-likeness (QED) is 0.326. The molecule has 7 heteroatoms. The third-order valence-corrected chi connectivity index (χ3v) is 7.59. The Bertz CT molecular complexity index is 1400. The summed E-state index contributed by atoms with van der Waals surface area (Å²) < 4.78 is 11.3. The zero-order chi connectivity index (χ0) is 25.5. The van der Waals surface area contributed by atoms with E-state index in [1.54, 1.807) is 11.0 Å². The SMILES string of the molecule is C[C@@H]1Cc2cc(C(O)=C3C(=O)C(=O)N(CCN4CCOCC4)[C@@H]3c3cccc4ccccc34)ccc2O1. The number of hydrogen-bond donors (Lipinski definition) is 1. The summed E-state index contributed by atoms with van der Waals surface area (Å²) >= 11 is 0. The van der Waals surface area contributed by atoms with Gasteiger partial charge >= 0.3 is 0 Å². The molecule has 3 heterocycles. The van der Waals surface area contributed by atoms with Gasteiger partial charge in [0.1, 0.15) is 17.6 Å². The summed E-state index contributed by atoms with van der Waals surface area (Å²) in [6.45, 7) is 5.91. The molecule has 3 aromatic carbocycles. The van der Waals surface area contributed by atoms with Gasteiger partial charge in [-0.25, -0.2) is 0 Å². The van der Waals surface area contributed by atoms with Crippen LogP contribution in [0.2, 0.25) is 0 Å². The van der Waals surface area contributed by atoms with Gasteiger partial charge in [0.05, 0.1) is 24.8 Å². The first-order valence-electron chi connectivity index (χ1n) is 12.9. The number of ketones is 1. The summed E-state index contributed by atoms with van der Waals surface area (Å²) in [6, 6.07) is 18.6. The Morgan fingerprint density at radius 2 is 1.78 bits per heavy atom. The van der Waals surface area contributed by atoms with Crippen molar-refractivity contribution in [1.29, 1.82) is 0 Å². The molecule has 0 saturated carbocycles. The second kappa shape index (κ2) is 9.65. The predicted molar refractivity (Wildman–Crippen MR) is 140 cm³/mol. The zero-order valence-corrected chi connectivity index (χ0v) is 20.9. The van der Waals surface area contributed by atoms with Crippen LogP contribution in [0.1, 0.15) is 29.7 Å². The number of hydrogen-bond acceptors (Lipinski definition) is 6. The third-order valence-electron chi connectivity index (χ3n) is 7.59. The van der Waals surface area contributed by atoms with E-state index in [1.165, 1.54) is 0 Å². The lowest BCUT2D eigenvalue weighted by molar-refractivity contribution is -0.140. The Hall–Kier alpha value is -3.68. The van der Waals surface area contributed by atoms with Crippen LogP contribution in [-0.2, 0) is 20.7 Å². The summed E-state index contributed by atoms with van der Waals surface area (Å²) in [6.07, 6.45) is 0.797. The van der Waals surface area contributed by atoms with E-state index in [1.807, 2.05) is 61.5 Å². The molecule has 6 rings (SSSR count). The maximum atomic E-state index is 13.5. The van der Waals surface area contributed by atoms with Crippen LogP contribution in [0.3, 0.4) is 0 Å². The molecule has 190 valence electrons. The molecule has 1 amide bonds. The molecule has 2 atom stereocenters. The highest BCUT2D eigenvalue weighted by Gasteiger charge is 2.46. The molecule has 1 N–H and O–H groups in total. The normalized spacial score (nSPS) is 23.4. The van der Waals surface area contributed by atoms with E-state index in [9.17, 15) is 14.7 Å². The fourth-order valence-corrected chi connectivity index (χ4v) is 5.72. The fourth-order valence-electron chi connectivity index (χ4n) is 5.72. The summed E-state index contributed by atoms with van der Waals surface area (Å²) in [7, 11) is 0. The van der Waals surface area contributed by atoms with E-state index in [2.05, 4.69) is 4.90 Å². The smallest absolute Gasteiger partial charge is 0.295 e. The van der Waals surface area contributed by atoms with Gasteiger partial charge in [-0.2, -0.15) is 0 Å². The van der Waals surface area contributed by atoms with Crippen LogP contribution in [0.5, 0.6) is 5.75 Å². The largest absolute Gasteiger partial charge is 0.507 e. The minimum Gasteiger partial charge on any atom is -0.507 e. The molecular formula is C30H30N2O5. The molecule has 3 aliphatic heterocycles. The third kappa shape index (κ3) is 4.28. The van der Waals surface area contributed by atoms with Crippen molar-refractivity contribution in [1.82, 2.24) is 9.80 Å². The van der Waals surface area contributed by atoms with E-state index < -0.39 is 17.7 Å². The number of rotatable bonds is 5. The number of ether oxygens (including phenoxy) is 2. The average Bonchev–Trinajstić information content (AvgIpc) is 3.42. The number of likely N-dealkylation sites (tertiary alicyclic amines) is 1. The molecule has 0 bridgehead atoms. The van der Waals surface area contributed by atoms with Crippen LogP contribution < -0.4 is 4.74 Å². The average molecular weight is 499 g/mol. The molecular weight excluding hydrogens is 468 g/mol. The first-order valence-corrected chi connectivity index (χ1v) is 12.9. The number of carbonyl (C=O) groups is 2. The number of benzene rings is 3. The lowest BCUT2D eigenvalue weighted by atomic mass is 9.91. The summed E-state index contributed by atoms with van der Waals surface area (Å²) in [5, 5.41) is 13.5. The highest BCUT2D eigenvalue weighted by Crippen LogP contribution is 2.42. The van der Waals surface area contributed by atoms with Crippen molar-refractivity contribution in [3.8, 4) is 5.75 Å². The van der Waals surface area contributed by atoms with Gasteiger partial charge in [-0.15, -0.1) is 0 Å². The summed E-state index contributed by atoms with van der Waals surface area (Å²) in [4.78, 5) is 30.8. The van der Waals surface area contributed by atoms with Crippen molar-refractivity contribution in [3.05, 3.63) is 82.9 Å². The van der Waals surface area contributed by atoms with Crippen LogP contribution >= 0.6 is 0 Å². The Morgan fingerprint density at radius 3 is 2.62 bits per heavy atom. The Morgan fingerprint density at radius 1 is 1.00 bits per heavy atom. The molecule has 3 aromatic rings. The van der Waals surface area contributed by atoms with Gasteiger partial charge in [0.25, 0.3) is 11.7 Å². The highest BCUT2D eigenvalue weighted by atomic mass is 16.5. The molecule has 0 spiro atoms. The van der Waals surface area contributed by atoms with Crippen LogP contribution in [0.15, 0.2) is 66.2 Å². The van der Waals surface area contributed by atoms with Gasteiger partial charge in [0.2, 0.25) is 0 Å². The van der Waals surface area contributed by atoms with Crippen molar-refractivity contribution in [3.63, 3.8) is 0 Å². The number of aliphatic hydroxyl groups excluding tert-OH is 1. The van der Waals surface area contributed by atoms with Gasteiger partial charge in [-0.3, -0.25) is 14.5 Å². The number of aliphatic hydroxyl groups is 1. The number of morpholine rings is 1. The van der Waals surface area contributed by atoms with Crippen LogP contribution in [-0.4, -0.2) is 72.1 Å². The minimum atomic E-state index is -0.685. The standard InChI is InChI=1S/C30H30N2O5/c1-19-17-22-18-21(9-10-25(22)37-19)28(33)26-27(24-8-4-6-20-5-2-3-7-23(20)24)32(30(35)29(26)34)12-11-31-13-15-36-16-14-31/h2-10,18-19,27,33H,11-17H2,1H3/t19-,27-/m1/s1. The van der Waals surface area contributed by atoms with Crippen molar-refractivity contribution in [2.24, 2.45) is 0 Å². The second-order valence-corrected chi connectivity index (χ2v) is 9.97. The Kier molecular flexibility index (Phi) is 6.18. The number of amides is 1. The van der Waals surface area contributed by atoms with E-state index in [-0.39, 0.29) is 17.4 Å². The van der Waals surface area contributed by atoms with Crippen molar-refractivity contribution >= 4 is 28.2 Å². The molecule has 0 unspecified atom stereocenters. The number of Topliss-reactive ketones (excluding diaryl/α,β-unsaturated/α-hetero) is 1. The lowest BCUT2D eigenvalue weighted by Gasteiger charge is -2.31. The summed E-state index contributed by atoms with van der Waals surface area (Å²) in [5.41, 5.74) is 2.47.